The van der Waals surface area contributed by atoms with Crippen molar-refractivity contribution in [3.63, 3.8) is 0 Å². The van der Waals surface area contributed by atoms with Gasteiger partial charge in [0.15, 0.2) is 11.5 Å². The first-order valence-corrected chi connectivity index (χ1v) is 8.93. The lowest BCUT2D eigenvalue weighted by Gasteiger charge is -2.23. The van der Waals surface area contributed by atoms with Crippen LogP contribution in [0.1, 0.15) is 17.6 Å². The first-order valence-electron chi connectivity index (χ1n) is 7.95. The second kappa shape index (κ2) is 7.44. The Morgan fingerprint density at radius 1 is 1.00 bits per heavy atom. The van der Waals surface area contributed by atoms with E-state index in [-0.39, 0.29) is 6.10 Å². The van der Waals surface area contributed by atoms with Crippen LogP contribution in [0.25, 0.3) is 6.08 Å². The third kappa shape index (κ3) is 3.85. The molecule has 0 fully saturated rings. The molecule has 0 saturated carbocycles. The zero-order valence-electron chi connectivity index (χ0n) is 13.4. The number of hydrogen-bond acceptors (Lipinski definition) is 6. The third-order valence-electron chi connectivity index (χ3n) is 3.62. The van der Waals surface area contributed by atoms with Gasteiger partial charge in [-0.05, 0) is 17.7 Å². The zero-order valence-corrected chi connectivity index (χ0v) is 14.2. The molecule has 0 spiro atoms. The Hall–Kier alpha value is -2.73. The molecule has 25 heavy (non-hydrogen) atoms. The summed E-state index contributed by atoms with van der Waals surface area (Å²) in [4.78, 5) is 0. The fraction of sp³-hybridized carbons (Fsp3) is 0.158. The number of hydrogen-bond donors (Lipinski definition) is 0. The van der Waals surface area contributed by atoms with E-state index in [0.29, 0.717) is 23.5 Å². The molecule has 1 unspecified atom stereocenters. The maximum absolute atomic E-state index is 5.87. The number of nitrogens with zero attached hydrogens (tertiary/aromatic N) is 2. The lowest BCUT2D eigenvalue weighted by molar-refractivity contribution is 0.0686. The highest BCUT2D eigenvalue weighted by molar-refractivity contribution is 7.99. The number of rotatable bonds is 5. The summed E-state index contributed by atoms with van der Waals surface area (Å²) in [7, 11) is 0. The van der Waals surface area contributed by atoms with E-state index in [2.05, 4.69) is 34.5 Å². The standard InChI is InChI=1S/C19H16N2O3S/c1-2-7-14(8-3-1)9-6-12-25-19-21-20-18(24-19)17-13-22-15-10-4-5-11-16(15)23-17/h1-11,17H,12-13H2. The van der Waals surface area contributed by atoms with Crippen LogP contribution in [-0.4, -0.2) is 22.6 Å². The van der Waals surface area contributed by atoms with Crippen molar-refractivity contribution in [1.82, 2.24) is 10.2 Å². The van der Waals surface area contributed by atoms with Gasteiger partial charge in [-0.1, -0.05) is 66.4 Å². The van der Waals surface area contributed by atoms with Gasteiger partial charge in [-0.25, -0.2) is 0 Å². The van der Waals surface area contributed by atoms with Crippen molar-refractivity contribution in [3.8, 4) is 11.5 Å². The van der Waals surface area contributed by atoms with E-state index in [1.165, 1.54) is 17.3 Å². The van der Waals surface area contributed by atoms with Crippen molar-refractivity contribution in [2.75, 3.05) is 12.4 Å². The summed E-state index contributed by atoms with van der Waals surface area (Å²) in [5.74, 6) is 2.61. The minimum atomic E-state index is -0.378. The van der Waals surface area contributed by atoms with Gasteiger partial charge in [0.1, 0.15) is 6.61 Å². The molecule has 1 aliphatic heterocycles. The maximum atomic E-state index is 5.87. The average molecular weight is 352 g/mol. The van der Waals surface area contributed by atoms with E-state index in [1.807, 2.05) is 42.5 Å². The summed E-state index contributed by atoms with van der Waals surface area (Å²) >= 11 is 1.49. The first kappa shape index (κ1) is 15.8. The van der Waals surface area contributed by atoms with Crippen molar-refractivity contribution < 1.29 is 13.9 Å². The number of fused-ring (bicyclic) bond motifs is 1. The minimum absolute atomic E-state index is 0.358. The Labute approximate surface area is 149 Å². The highest BCUT2D eigenvalue weighted by Crippen LogP contribution is 2.35. The van der Waals surface area contributed by atoms with Crippen LogP contribution in [0.2, 0.25) is 0 Å². The molecule has 5 nitrogen and oxygen atoms in total. The van der Waals surface area contributed by atoms with E-state index < -0.39 is 0 Å². The van der Waals surface area contributed by atoms with Crippen molar-refractivity contribution >= 4 is 17.8 Å². The molecule has 3 aromatic rings. The molecule has 1 aliphatic rings. The van der Waals surface area contributed by atoms with E-state index in [4.69, 9.17) is 13.9 Å². The second-order valence-electron chi connectivity index (χ2n) is 5.39. The molecule has 0 aliphatic carbocycles. The molecule has 1 atom stereocenters. The summed E-state index contributed by atoms with van der Waals surface area (Å²) in [6.45, 7) is 0.358. The van der Waals surface area contributed by atoms with Crippen molar-refractivity contribution in [2.45, 2.75) is 11.3 Å². The maximum Gasteiger partial charge on any atom is 0.277 e. The minimum Gasteiger partial charge on any atom is -0.485 e. The summed E-state index contributed by atoms with van der Waals surface area (Å²) in [6, 6.07) is 17.7. The topological polar surface area (TPSA) is 57.4 Å². The summed E-state index contributed by atoms with van der Waals surface area (Å²) < 4.78 is 17.2. The SMILES string of the molecule is C(=Cc1ccccc1)CSc1nnc(C2COc3ccccc3O2)o1. The van der Waals surface area contributed by atoms with Crippen LogP contribution in [0.3, 0.4) is 0 Å². The lowest BCUT2D eigenvalue weighted by Crippen LogP contribution is -2.21. The van der Waals surface area contributed by atoms with Gasteiger partial charge in [0, 0.05) is 5.75 Å². The van der Waals surface area contributed by atoms with Gasteiger partial charge in [-0.2, -0.15) is 0 Å². The normalized spacial score (nSPS) is 16.2. The largest absolute Gasteiger partial charge is 0.485 e. The van der Waals surface area contributed by atoms with E-state index >= 15 is 0 Å². The molecule has 0 amide bonds. The molecule has 0 saturated heterocycles. The van der Waals surface area contributed by atoms with Crippen molar-refractivity contribution in [1.29, 1.82) is 0 Å². The van der Waals surface area contributed by atoms with E-state index in [0.717, 1.165) is 11.5 Å². The van der Waals surface area contributed by atoms with Crippen LogP contribution in [-0.2, 0) is 0 Å². The van der Waals surface area contributed by atoms with Crippen LogP contribution in [0, 0.1) is 0 Å². The van der Waals surface area contributed by atoms with E-state index in [1.54, 1.807) is 0 Å². The number of thioether (sulfide) groups is 1. The van der Waals surface area contributed by atoms with Gasteiger partial charge in [-0.15, -0.1) is 10.2 Å². The van der Waals surface area contributed by atoms with Crippen LogP contribution >= 0.6 is 11.8 Å². The lowest BCUT2D eigenvalue weighted by atomic mass is 10.2. The molecule has 0 radical (unpaired) electrons. The fourth-order valence-electron chi connectivity index (χ4n) is 2.42. The number of aromatic nitrogens is 2. The molecule has 6 heteroatoms. The number of ether oxygens (including phenoxy) is 2. The van der Waals surface area contributed by atoms with Crippen LogP contribution in [0.15, 0.2) is 70.3 Å². The Kier molecular flexibility index (Phi) is 4.70. The molecule has 0 bridgehead atoms. The molecule has 1 aromatic heterocycles. The Morgan fingerprint density at radius 2 is 1.80 bits per heavy atom. The molecule has 126 valence electrons. The zero-order chi connectivity index (χ0) is 16.9. The second-order valence-corrected chi connectivity index (χ2v) is 6.37. The quantitative estimate of drug-likeness (QED) is 0.635. The van der Waals surface area contributed by atoms with Crippen LogP contribution in [0.5, 0.6) is 11.5 Å². The van der Waals surface area contributed by atoms with Gasteiger partial charge in [0.25, 0.3) is 11.1 Å². The molecule has 2 aromatic carbocycles. The van der Waals surface area contributed by atoms with Gasteiger partial charge in [0.05, 0.1) is 0 Å². The number of para-hydroxylation sites is 2. The fourth-order valence-corrected chi connectivity index (χ4v) is 3.00. The van der Waals surface area contributed by atoms with Crippen molar-refractivity contribution in [3.05, 3.63) is 72.1 Å². The predicted molar refractivity (Wildman–Crippen MR) is 95.8 cm³/mol. The third-order valence-corrected chi connectivity index (χ3v) is 4.39. The van der Waals surface area contributed by atoms with Gasteiger partial charge < -0.3 is 13.9 Å². The highest BCUT2D eigenvalue weighted by Gasteiger charge is 2.27. The predicted octanol–water partition coefficient (Wildman–Crippen LogP) is 4.39. The monoisotopic (exact) mass is 352 g/mol. The van der Waals surface area contributed by atoms with Crippen LogP contribution in [0.4, 0.5) is 0 Å². The summed E-state index contributed by atoms with van der Waals surface area (Å²) in [6.07, 6.45) is 3.76. The Bertz CT molecular complexity index is 864. The van der Waals surface area contributed by atoms with Gasteiger partial charge in [-0.3, -0.25) is 0 Å². The van der Waals surface area contributed by atoms with Gasteiger partial charge >= 0.3 is 0 Å². The molecular formula is C19H16N2O3S. The average Bonchev–Trinajstić information content (AvgIpc) is 3.15. The molecule has 2 heterocycles. The first-order chi connectivity index (χ1) is 12.4. The van der Waals surface area contributed by atoms with Gasteiger partial charge in [0.2, 0.25) is 6.10 Å². The molecule has 4 rings (SSSR count). The Balaban J connectivity index is 1.34. The van der Waals surface area contributed by atoms with E-state index in [9.17, 15) is 0 Å². The summed E-state index contributed by atoms with van der Waals surface area (Å²) in [5.41, 5.74) is 1.17. The Morgan fingerprint density at radius 3 is 2.68 bits per heavy atom. The van der Waals surface area contributed by atoms with Crippen molar-refractivity contribution in [2.24, 2.45) is 0 Å². The smallest absolute Gasteiger partial charge is 0.277 e. The summed E-state index contributed by atoms with van der Waals surface area (Å²) in [5, 5.41) is 8.68. The number of benzene rings is 2. The van der Waals surface area contributed by atoms with Crippen LogP contribution < -0.4 is 9.47 Å². The highest BCUT2D eigenvalue weighted by atomic mass is 32.2. The molecule has 0 N–H and O–H groups in total. The molecular weight excluding hydrogens is 336 g/mol.